The predicted molar refractivity (Wildman–Crippen MR) is 99.6 cm³/mol. The summed E-state index contributed by atoms with van der Waals surface area (Å²) in [6.45, 7) is 7.28. The number of hydrogen-bond acceptors (Lipinski definition) is 6. The van der Waals surface area contributed by atoms with E-state index in [9.17, 15) is 9.59 Å². The highest BCUT2D eigenvalue weighted by Crippen LogP contribution is 2.24. The Bertz CT molecular complexity index is 874. The zero-order valence-corrected chi connectivity index (χ0v) is 16.0. The highest BCUT2D eigenvalue weighted by atomic mass is 16.6. The molecule has 0 saturated heterocycles. The fraction of sp³-hybridized carbons (Fsp3) is 0.474. The fourth-order valence-electron chi connectivity index (χ4n) is 3.54. The van der Waals surface area contributed by atoms with E-state index in [0.29, 0.717) is 44.6 Å². The van der Waals surface area contributed by atoms with Crippen LogP contribution in [0.4, 0.5) is 4.79 Å². The molecule has 2 N–H and O–H groups in total. The second-order valence-corrected chi connectivity index (χ2v) is 6.60. The predicted octanol–water partition coefficient (Wildman–Crippen LogP) is 1.60. The molecule has 0 bridgehead atoms. The van der Waals surface area contributed by atoms with Crippen molar-refractivity contribution in [1.29, 1.82) is 0 Å². The number of rotatable bonds is 4. The number of hydrogen-bond donors (Lipinski definition) is 1. The van der Waals surface area contributed by atoms with Crippen molar-refractivity contribution >= 4 is 12.0 Å². The molecule has 1 aliphatic rings. The summed E-state index contributed by atoms with van der Waals surface area (Å²) < 4.78 is 6.51. The minimum absolute atomic E-state index is 0.201. The van der Waals surface area contributed by atoms with Crippen molar-refractivity contribution in [3.05, 3.63) is 46.0 Å². The SMILES string of the molecule is CCOC(=O)N1CCc2c(cncc2C(=O)n2nc(C)c(CCN)c2C)C1. The first-order valence-electron chi connectivity index (χ1n) is 9.15. The number of aryl methyl sites for hydroxylation is 1. The minimum Gasteiger partial charge on any atom is -0.450 e. The van der Waals surface area contributed by atoms with Crippen LogP contribution in [0.5, 0.6) is 0 Å². The van der Waals surface area contributed by atoms with Crippen LogP contribution in [0.3, 0.4) is 0 Å². The van der Waals surface area contributed by atoms with Gasteiger partial charge in [-0.3, -0.25) is 9.78 Å². The molecule has 3 heterocycles. The summed E-state index contributed by atoms with van der Waals surface area (Å²) in [5.74, 6) is -0.201. The van der Waals surface area contributed by atoms with Crippen LogP contribution in [0.2, 0.25) is 0 Å². The molecule has 0 radical (unpaired) electrons. The van der Waals surface area contributed by atoms with Crippen LogP contribution in [0.1, 0.15) is 45.4 Å². The van der Waals surface area contributed by atoms with Crippen LogP contribution >= 0.6 is 0 Å². The molecule has 1 aliphatic heterocycles. The molecule has 8 heteroatoms. The fourth-order valence-corrected chi connectivity index (χ4v) is 3.54. The van der Waals surface area contributed by atoms with E-state index in [1.165, 1.54) is 4.68 Å². The summed E-state index contributed by atoms with van der Waals surface area (Å²) in [6.07, 6.45) is 4.21. The smallest absolute Gasteiger partial charge is 0.410 e. The number of carbonyl (C=O) groups excluding carboxylic acids is 2. The molecule has 0 atom stereocenters. The summed E-state index contributed by atoms with van der Waals surface area (Å²) in [4.78, 5) is 31.0. The topological polar surface area (TPSA) is 103 Å². The molecule has 2 aromatic heterocycles. The van der Waals surface area contributed by atoms with Crippen molar-refractivity contribution in [2.75, 3.05) is 19.7 Å². The molecule has 0 aliphatic carbocycles. The van der Waals surface area contributed by atoms with Gasteiger partial charge in [0.15, 0.2) is 0 Å². The first-order valence-corrected chi connectivity index (χ1v) is 9.15. The van der Waals surface area contributed by atoms with E-state index < -0.39 is 0 Å². The number of pyridine rings is 1. The van der Waals surface area contributed by atoms with Crippen molar-refractivity contribution in [3.8, 4) is 0 Å². The maximum absolute atomic E-state index is 13.2. The van der Waals surface area contributed by atoms with Crippen molar-refractivity contribution in [2.45, 2.75) is 40.2 Å². The normalized spacial score (nSPS) is 13.4. The maximum Gasteiger partial charge on any atom is 0.410 e. The number of nitrogens with zero attached hydrogens (tertiary/aromatic N) is 4. The number of aromatic nitrogens is 3. The van der Waals surface area contributed by atoms with Gasteiger partial charge in [-0.25, -0.2) is 9.48 Å². The first-order chi connectivity index (χ1) is 13.0. The maximum atomic E-state index is 13.2. The van der Waals surface area contributed by atoms with Gasteiger partial charge in [0.1, 0.15) is 0 Å². The van der Waals surface area contributed by atoms with E-state index in [0.717, 1.165) is 28.1 Å². The Morgan fingerprint density at radius 1 is 1.30 bits per heavy atom. The second-order valence-electron chi connectivity index (χ2n) is 6.60. The van der Waals surface area contributed by atoms with Gasteiger partial charge in [-0.1, -0.05) is 0 Å². The van der Waals surface area contributed by atoms with E-state index in [-0.39, 0.29) is 12.0 Å². The largest absolute Gasteiger partial charge is 0.450 e. The van der Waals surface area contributed by atoms with Gasteiger partial charge in [-0.05, 0) is 56.8 Å². The van der Waals surface area contributed by atoms with Crippen LogP contribution in [-0.2, 0) is 24.1 Å². The van der Waals surface area contributed by atoms with Crippen LogP contribution in [-0.4, -0.2) is 51.4 Å². The second kappa shape index (κ2) is 7.87. The number of ether oxygens (including phenoxy) is 1. The Labute approximate surface area is 158 Å². The van der Waals surface area contributed by atoms with Crippen molar-refractivity contribution in [1.82, 2.24) is 19.7 Å². The standard InChI is InChI=1S/C19H25N5O3/c1-4-27-19(26)23-8-6-16-14(11-23)9-21-10-17(16)18(25)24-13(3)15(5-7-20)12(2)22-24/h9-10H,4-8,11,20H2,1-3H3. The number of amides is 1. The zero-order valence-electron chi connectivity index (χ0n) is 16.0. The van der Waals surface area contributed by atoms with Gasteiger partial charge in [0, 0.05) is 24.6 Å². The molecule has 27 heavy (non-hydrogen) atoms. The van der Waals surface area contributed by atoms with Crippen LogP contribution in [0, 0.1) is 13.8 Å². The monoisotopic (exact) mass is 371 g/mol. The molecule has 2 aromatic rings. The Hall–Kier alpha value is -2.74. The molecular formula is C19H25N5O3. The summed E-state index contributed by atoms with van der Waals surface area (Å²) in [5, 5.41) is 4.42. The average molecular weight is 371 g/mol. The van der Waals surface area contributed by atoms with Crippen molar-refractivity contribution < 1.29 is 14.3 Å². The molecule has 3 rings (SSSR count). The lowest BCUT2D eigenvalue weighted by Gasteiger charge is -2.28. The lowest BCUT2D eigenvalue weighted by molar-refractivity contribution is 0.0938. The van der Waals surface area contributed by atoms with Crippen molar-refractivity contribution in [3.63, 3.8) is 0 Å². The minimum atomic E-state index is -0.343. The molecule has 0 fully saturated rings. The molecule has 144 valence electrons. The van der Waals surface area contributed by atoms with Crippen LogP contribution in [0.15, 0.2) is 12.4 Å². The van der Waals surface area contributed by atoms with Gasteiger partial charge in [-0.2, -0.15) is 5.10 Å². The third-order valence-electron chi connectivity index (χ3n) is 4.92. The Morgan fingerprint density at radius 2 is 2.07 bits per heavy atom. The molecular weight excluding hydrogens is 346 g/mol. The number of nitrogens with two attached hydrogens (primary N) is 1. The molecule has 1 amide bonds. The highest BCUT2D eigenvalue weighted by Gasteiger charge is 2.27. The van der Waals surface area contributed by atoms with Crippen LogP contribution < -0.4 is 5.73 Å². The lowest BCUT2D eigenvalue weighted by atomic mass is 9.97. The first kappa shape index (κ1) is 19.0. The third-order valence-corrected chi connectivity index (χ3v) is 4.92. The molecule has 0 unspecified atom stereocenters. The highest BCUT2D eigenvalue weighted by molar-refractivity contribution is 5.97. The third kappa shape index (κ3) is 3.57. The number of fused-ring (bicyclic) bond motifs is 1. The summed E-state index contributed by atoms with van der Waals surface area (Å²) in [6, 6.07) is 0. The molecule has 8 nitrogen and oxygen atoms in total. The molecule has 0 saturated carbocycles. The zero-order chi connectivity index (χ0) is 19.6. The van der Waals surface area contributed by atoms with Gasteiger partial charge < -0.3 is 15.4 Å². The van der Waals surface area contributed by atoms with E-state index in [2.05, 4.69) is 10.1 Å². The van der Waals surface area contributed by atoms with Gasteiger partial charge in [0.25, 0.3) is 5.91 Å². The molecule has 0 spiro atoms. The summed E-state index contributed by atoms with van der Waals surface area (Å²) >= 11 is 0. The van der Waals surface area contributed by atoms with E-state index in [1.54, 1.807) is 24.2 Å². The Morgan fingerprint density at radius 3 is 2.78 bits per heavy atom. The van der Waals surface area contributed by atoms with Gasteiger partial charge in [0.05, 0.1) is 24.4 Å². The Kier molecular flexibility index (Phi) is 5.55. The quantitative estimate of drug-likeness (QED) is 0.875. The number of carbonyl (C=O) groups is 2. The van der Waals surface area contributed by atoms with E-state index in [4.69, 9.17) is 10.5 Å². The van der Waals surface area contributed by atoms with E-state index in [1.807, 2.05) is 13.8 Å². The Balaban J connectivity index is 1.92. The van der Waals surface area contributed by atoms with Crippen molar-refractivity contribution in [2.24, 2.45) is 5.73 Å². The average Bonchev–Trinajstić information content (AvgIpc) is 2.95. The molecule has 0 aromatic carbocycles. The van der Waals surface area contributed by atoms with E-state index >= 15 is 0 Å². The van der Waals surface area contributed by atoms with Gasteiger partial charge in [0.2, 0.25) is 0 Å². The summed E-state index contributed by atoms with van der Waals surface area (Å²) in [7, 11) is 0. The van der Waals surface area contributed by atoms with Gasteiger partial charge in [-0.15, -0.1) is 0 Å². The van der Waals surface area contributed by atoms with Gasteiger partial charge >= 0.3 is 6.09 Å². The van der Waals surface area contributed by atoms with Crippen LogP contribution in [0.25, 0.3) is 0 Å². The summed E-state index contributed by atoms with van der Waals surface area (Å²) in [5.41, 5.74) is 10.6. The lowest BCUT2D eigenvalue weighted by Crippen LogP contribution is -2.37.